The Labute approximate surface area is 104 Å². The zero-order valence-corrected chi connectivity index (χ0v) is 10.3. The van der Waals surface area contributed by atoms with Gasteiger partial charge in [0.2, 0.25) is 0 Å². The Morgan fingerprint density at radius 3 is 2.71 bits per heavy atom. The Morgan fingerprint density at radius 2 is 2.12 bits per heavy atom. The van der Waals surface area contributed by atoms with E-state index >= 15 is 0 Å². The number of nitrogens with zero attached hydrogens (tertiary/aromatic N) is 3. The van der Waals surface area contributed by atoms with E-state index in [0.29, 0.717) is 22.1 Å². The van der Waals surface area contributed by atoms with E-state index in [0.717, 1.165) is 11.3 Å². The highest BCUT2D eigenvalue weighted by molar-refractivity contribution is 6.30. The second-order valence-corrected chi connectivity index (χ2v) is 4.24. The molecule has 0 radical (unpaired) electrons. The monoisotopic (exact) mass is 246 g/mol. The largest absolute Gasteiger partial charge is 0.382 e. The summed E-state index contributed by atoms with van der Waals surface area (Å²) in [5, 5.41) is 13.8. The molecule has 0 bridgehead atoms. The molecule has 0 fully saturated rings. The molecule has 0 unspecified atom stereocenters. The molecule has 1 aromatic carbocycles. The molecule has 0 aliphatic heterocycles. The Kier molecular flexibility index (Phi) is 2.78. The summed E-state index contributed by atoms with van der Waals surface area (Å²) in [4.78, 5) is 0. The van der Waals surface area contributed by atoms with Gasteiger partial charge in [-0.25, -0.2) is 4.68 Å². The first-order valence-electron chi connectivity index (χ1n) is 5.06. The number of anilines is 1. The standard InChI is InChI=1S/C12H11ClN4/c1-7-3-4-9(13)5-11(7)17-12(15)10(6-14)8(2)16-17/h3-5H,15H2,1-2H3. The first-order chi connectivity index (χ1) is 8.04. The van der Waals surface area contributed by atoms with E-state index in [9.17, 15) is 0 Å². The molecule has 86 valence electrons. The third-order valence-electron chi connectivity index (χ3n) is 2.61. The maximum absolute atomic E-state index is 8.97. The predicted octanol–water partition coefficient (Wildman–Crippen LogP) is 2.60. The van der Waals surface area contributed by atoms with Gasteiger partial charge in [0.05, 0.1) is 11.4 Å². The van der Waals surface area contributed by atoms with Crippen molar-refractivity contribution in [2.24, 2.45) is 0 Å². The van der Waals surface area contributed by atoms with Crippen molar-refractivity contribution in [3.8, 4) is 11.8 Å². The molecule has 0 spiro atoms. The second kappa shape index (κ2) is 4.11. The molecule has 1 aromatic heterocycles. The Hall–Kier alpha value is -1.99. The minimum atomic E-state index is 0.343. The fourth-order valence-electron chi connectivity index (χ4n) is 1.68. The van der Waals surface area contributed by atoms with E-state index in [1.54, 1.807) is 23.7 Å². The Morgan fingerprint density at radius 1 is 1.41 bits per heavy atom. The van der Waals surface area contributed by atoms with E-state index in [2.05, 4.69) is 5.10 Å². The summed E-state index contributed by atoms with van der Waals surface area (Å²) in [7, 11) is 0. The highest BCUT2D eigenvalue weighted by Crippen LogP contribution is 2.24. The molecule has 17 heavy (non-hydrogen) atoms. The molecule has 0 aliphatic rings. The average molecular weight is 247 g/mol. The summed E-state index contributed by atoms with van der Waals surface area (Å²) in [6, 6.07) is 7.52. The fraction of sp³-hybridized carbons (Fsp3) is 0.167. The zero-order chi connectivity index (χ0) is 12.6. The van der Waals surface area contributed by atoms with E-state index < -0.39 is 0 Å². The minimum absolute atomic E-state index is 0.343. The van der Waals surface area contributed by atoms with Crippen molar-refractivity contribution < 1.29 is 0 Å². The molecule has 1 heterocycles. The number of nitrogen functional groups attached to an aromatic ring is 1. The Balaban J connectivity index is 2.70. The van der Waals surface area contributed by atoms with Gasteiger partial charge in [0.25, 0.3) is 0 Å². The van der Waals surface area contributed by atoms with Gasteiger partial charge in [-0.15, -0.1) is 0 Å². The zero-order valence-electron chi connectivity index (χ0n) is 9.53. The third-order valence-corrected chi connectivity index (χ3v) is 2.84. The Bertz CT molecular complexity index is 622. The number of hydrogen-bond acceptors (Lipinski definition) is 3. The molecule has 4 nitrogen and oxygen atoms in total. The molecule has 0 saturated carbocycles. The highest BCUT2D eigenvalue weighted by atomic mass is 35.5. The maximum atomic E-state index is 8.97. The van der Waals surface area contributed by atoms with Crippen molar-refractivity contribution in [3.05, 3.63) is 40.0 Å². The van der Waals surface area contributed by atoms with Crippen molar-refractivity contribution in [2.75, 3.05) is 5.73 Å². The third kappa shape index (κ3) is 1.85. The number of aromatic nitrogens is 2. The SMILES string of the molecule is Cc1ccc(Cl)cc1-n1nc(C)c(C#N)c1N. The molecule has 5 heteroatoms. The molecular weight excluding hydrogens is 236 g/mol. The van der Waals surface area contributed by atoms with E-state index in [1.807, 2.05) is 19.1 Å². The van der Waals surface area contributed by atoms with Gasteiger partial charge in [-0.05, 0) is 31.5 Å². The number of hydrogen-bond donors (Lipinski definition) is 1. The van der Waals surface area contributed by atoms with E-state index in [-0.39, 0.29) is 0 Å². The van der Waals surface area contributed by atoms with Crippen LogP contribution >= 0.6 is 11.6 Å². The summed E-state index contributed by atoms with van der Waals surface area (Å²) < 4.78 is 1.55. The molecule has 2 N–H and O–H groups in total. The van der Waals surface area contributed by atoms with Crippen LogP contribution in [0.2, 0.25) is 5.02 Å². The van der Waals surface area contributed by atoms with Gasteiger partial charge < -0.3 is 5.73 Å². The predicted molar refractivity (Wildman–Crippen MR) is 67.2 cm³/mol. The van der Waals surface area contributed by atoms with Crippen molar-refractivity contribution in [2.45, 2.75) is 13.8 Å². The lowest BCUT2D eigenvalue weighted by Gasteiger charge is -2.08. The number of benzene rings is 1. The van der Waals surface area contributed by atoms with Crippen LogP contribution in [0, 0.1) is 25.2 Å². The normalized spacial score (nSPS) is 10.2. The summed E-state index contributed by atoms with van der Waals surface area (Å²) in [5.74, 6) is 0.343. The maximum Gasteiger partial charge on any atom is 0.145 e. The van der Waals surface area contributed by atoms with Gasteiger partial charge in [0.15, 0.2) is 0 Å². The van der Waals surface area contributed by atoms with Gasteiger partial charge in [0, 0.05) is 5.02 Å². The van der Waals surface area contributed by atoms with Gasteiger partial charge in [-0.3, -0.25) is 0 Å². The number of rotatable bonds is 1. The topological polar surface area (TPSA) is 67.6 Å². The number of nitriles is 1. The molecule has 0 aliphatic carbocycles. The van der Waals surface area contributed by atoms with E-state index in [1.165, 1.54) is 0 Å². The first-order valence-corrected chi connectivity index (χ1v) is 5.44. The summed E-state index contributed by atoms with van der Waals surface area (Å²) in [6.07, 6.45) is 0. The van der Waals surface area contributed by atoms with Gasteiger partial charge >= 0.3 is 0 Å². The lowest BCUT2D eigenvalue weighted by atomic mass is 10.2. The first kappa shape index (κ1) is 11.5. The molecule has 0 atom stereocenters. The quantitative estimate of drug-likeness (QED) is 0.841. The van der Waals surface area contributed by atoms with Crippen LogP contribution in [0.15, 0.2) is 18.2 Å². The van der Waals surface area contributed by atoms with Crippen LogP contribution in [0.3, 0.4) is 0 Å². The smallest absolute Gasteiger partial charge is 0.145 e. The average Bonchev–Trinajstić information content (AvgIpc) is 2.57. The lowest BCUT2D eigenvalue weighted by molar-refractivity contribution is 0.865. The van der Waals surface area contributed by atoms with E-state index in [4.69, 9.17) is 22.6 Å². The van der Waals surface area contributed by atoms with Crippen LogP contribution in [0.25, 0.3) is 5.69 Å². The van der Waals surface area contributed by atoms with Crippen LogP contribution in [0.1, 0.15) is 16.8 Å². The van der Waals surface area contributed by atoms with Crippen LogP contribution < -0.4 is 5.73 Å². The van der Waals surface area contributed by atoms with Crippen molar-refractivity contribution >= 4 is 17.4 Å². The van der Waals surface area contributed by atoms with Crippen molar-refractivity contribution in [3.63, 3.8) is 0 Å². The van der Waals surface area contributed by atoms with Gasteiger partial charge in [-0.1, -0.05) is 17.7 Å². The molecular formula is C12H11ClN4. The van der Waals surface area contributed by atoms with Crippen molar-refractivity contribution in [1.82, 2.24) is 9.78 Å². The van der Waals surface area contributed by atoms with Crippen molar-refractivity contribution in [1.29, 1.82) is 5.26 Å². The van der Waals surface area contributed by atoms with Crippen LogP contribution in [0.4, 0.5) is 5.82 Å². The molecule has 2 aromatic rings. The van der Waals surface area contributed by atoms with Crippen LogP contribution in [0.5, 0.6) is 0 Å². The highest BCUT2D eigenvalue weighted by Gasteiger charge is 2.14. The molecule has 2 rings (SSSR count). The summed E-state index contributed by atoms with van der Waals surface area (Å²) >= 11 is 5.95. The minimum Gasteiger partial charge on any atom is -0.382 e. The van der Waals surface area contributed by atoms with Gasteiger partial charge in [-0.2, -0.15) is 10.4 Å². The van der Waals surface area contributed by atoms with Gasteiger partial charge in [0.1, 0.15) is 17.5 Å². The molecule has 0 amide bonds. The van der Waals surface area contributed by atoms with Crippen LogP contribution in [-0.2, 0) is 0 Å². The number of aryl methyl sites for hydroxylation is 2. The van der Waals surface area contributed by atoms with Crippen LogP contribution in [-0.4, -0.2) is 9.78 Å². The summed E-state index contributed by atoms with van der Waals surface area (Å²) in [5.41, 5.74) is 8.71. The molecule has 0 saturated heterocycles. The number of halogens is 1. The number of nitrogens with two attached hydrogens (primary N) is 1. The second-order valence-electron chi connectivity index (χ2n) is 3.80. The lowest BCUT2D eigenvalue weighted by Crippen LogP contribution is -2.04. The fourth-order valence-corrected chi connectivity index (χ4v) is 1.84. The summed E-state index contributed by atoms with van der Waals surface area (Å²) in [6.45, 7) is 3.69.